The summed E-state index contributed by atoms with van der Waals surface area (Å²) in [6.45, 7) is 5.92. The summed E-state index contributed by atoms with van der Waals surface area (Å²) in [5, 5.41) is 8.28. The van der Waals surface area contributed by atoms with E-state index in [1.807, 2.05) is 20.8 Å². The summed E-state index contributed by atoms with van der Waals surface area (Å²) >= 11 is 0. The lowest BCUT2D eigenvalue weighted by Crippen LogP contribution is -2.19. The van der Waals surface area contributed by atoms with E-state index in [0.717, 1.165) is 0 Å². The van der Waals surface area contributed by atoms with Gasteiger partial charge in [-0.15, -0.1) is 0 Å². The van der Waals surface area contributed by atoms with Crippen molar-refractivity contribution in [2.24, 2.45) is 0 Å². The zero-order valence-electron chi connectivity index (χ0n) is 7.79. The Kier molecular flexibility index (Phi) is 4.85. The van der Waals surface area contributed by atoms with Gasteiger partial charge in [-0.3, -0.25) is 4.79 Å². The van der Waals surface area contributed by atoms with Crippen LogP contribution >= 0.6 is 0 Å². The summed E-state index contributed by atoms with van der Waals surface area (Å²) < 4.78 is 0. The number of carboxylic acid groups (broad SMARTS) is 1. The summed E-state index contributed by atoms with van der Waals surface area (Å²) in [7, 11) is 0. The van der Waals surface area contributed by atoms with Crippen molar-refractivity contribution in [2.45, 2.75) is 39.2 Å². The van der Waals surface area contributed by atoms with Crippen LogP contribution in [0.5, 0.6) is 0 Å². The maximum Gasteiger partial charge on any atom is 0.303 e. The molecule has 0 unspecified atom stereocenters. The van der Waals surface area contributed by atoms with Gasteiger partial charge in [0.15, 0.2) is 0 Å². The first-order chi connectivity index (χ1) is 5.42. The van der Waals surface area contributed by atoms with Crippen molar-refractivity contribution in [1.82, 2.24) is 0 Å². The Morgan fingerprint density at radius 1 is 1.42 bits per heavy atom. The molecule has 0 rings (SSSR count). The molecule has 0 aliphatic heterocycles. The number of aliphatic carboxylic acids is 1. The standard InChI is InChI=1S/C8H16O4/c1-8(2,3)12-11-6-4-5-7(9)10/h4-6H2,1-3H3,(H,9,10). The molecule has 0 radical (unpaired) electrons. The third-order valence-corrected chi connectivity index (χ3v) is 0.927. The molecule has 0 saturated carbocycles. The van der Waals surface area contributed by atoms with Crippen LogP contribution in [0, 0.1) is 0 Å². The average molecular weight is 176 g/mol. The van der Waals surface area contributed by atoms with E-state index in [1.165, 1.54) is 0 Å². The molecule has 0 aliphatic rings. The van der Waals surface area contributed by atoms with Crippen molar-refractivity contribution in [3.8, 4) is 0 Å². The fourth-order valence-electron chi connectivity index (χ4n) is 0.501. The first-order valence-corrected chi connectivity index (χ1v) is 3.94. The van der Waals surface area contributed by atoms with Gasteiger partial charge in [-0.05, 0) is 27.2 Å². The van der Waals surface area contributed by atoms with E-state index in [-0.39, 0.29) is 12.0 Å². The summed E-state index contributed by atoms with van der Waals surface area (Å²) in [5.74, 6) is -0.811. The van der Waals surface area contributed by atoms with Gasteiger partial charge in [0.2, 0.25) is 0 Å². The minimum absolute atomic E-state index is 0.119. The smallest absolute Gasteiger partial charge is 0.303 e. The highest BCUT2D eigenvalue weighted by Gasteiger charge is 2.10. The second-order valence-electron chi connectivity index (χ2n) is 3.51. The summed E-state index contributed by atoms with van der Waals surface area (Å²) in [6, 6.07) is 0. The van der Waals surface area contributed by atoms with Gasteiger partial charge < -0.3 is 5.11 Å². The third kappa shape index (κ3) is 9.39. The van der Waals surface area contributed by atoms with Gasteiger partial charge in [-0.2, -0.15) is 0 Å². The van der Waals surface area contributed by atoms with Crippen LogP contribution in [0.2, 0.25) is 0 Å². The highest BCUT2D eigenvalue weighted by Crippen LogP contribution is 2.07. The highest BCUT2D eigenvalue weighted by molar-refractivity contribution is 5.66. The molecule has 0 aliphatic carbocycles. The molecular weight excluding hydrogens is 160 g/mol. The summed E-state index contributed by atoms with van der Waals surface area (Å²) in [6.07, 6.45) is 0.596. The topological polar surface area (TPSA) is 55.8 Å². The molecule has 0 aromatic heterocycles. The van der Waals surface area contributed by atoms with E-state index in [1.54, 1.807) is 0 Å². The van der Waals surface area contributed by atoms with Crippen LogP contribution in [0.3, 0.4) is 0 Å². The molecule has 0 atom stereocenters. The van der Waals surface area contributed by atoms with E-state index in [2.05, 4.69) is 0 Å². The van der Waals surface area contributed by atoms with Crippen molar-refractivity contribution in [3.05, 3.63) is 0 Å². The van der Waals surface area contributed by atoms with Crippen molar-refractivity contribution in [3.63, 3.8) is 0 Å². The van der Waals surface area contributed by atoms with Gasteiger partial charge >= 0.3 is 5.97 Å². The third-order valence-electron chi connectivity index (χ3n) is 0.927. The Labute approximate surface area is 72.4 Å². The Hall–Kier alpha value is -0.610. The van der Waals surface area contributed by atoms with Gasteiger partial charge in [-0.25, -0.2) is 9.78 Å². The molecule has 0 aromatic rings. The van der Waals surface area contributed by atoms with Gasteiger partial charge in [0, 0.05) is 6.42 Å². The second kappa shape index (κ2) is 5.11. The summed E-state index contributed by atoms with van der Waals surface area (Å²) in [5.41, 5.74) is -0.330. The number of hydrogen-bond acceptors (Lipinski definition) is 3. The lowest BCUT2D eigenvalue weighted by molar-refractivity contribution is -0.348. The first-order valence-electron chi connectivity index (χ1n) is 3.94. The average Bonchev–Trinajstić information content (AvgIpc) is 1.83. The van der Waals surface area contributed by atoms with Gasteiger partial charge in [0.1, 0.15) is 0 Å². The zero-order valence-corrected chi connectivity index (χ0v) is 7.79. The minimum atomic E-state index is -0.811. The number of carbonyl (C=O) groups is 1. The molecule has 1 N–H and O–H groups in total. The van der Waals surface area contributed by atoms with Crippen LogP contribution in [0.1, 0.15) is 33.6 Å². The molecule has 4 heteroatoms. The number of hydrogen-bond donors (Lipinski definition) is 1. The quantitative estimate of drug-likeness (QED) is 0.392. The Morgan fingerprint density at radius 2 is 2.00 bits per heavy atom. The molecule has 0 aromatic carbocycles. The van der Waals surface area contributed by atoms with Crippen LogP contribution < -0.4 is 0 Å². The van der Waals surface area contributed by atoms with Crippen molar-refractivity contribution in [2.75, 3.05) is 6.61 Å². The van der Waals surface area contributed by atoms with E-state index in [0.29, 0.717) is 13.0 Å². The largest absolute Gasteiger partial charge is 0.481 e. The van der Waals surface area contributed by atoms with Crippen molar-refractivity contribution in [1.29, 1.82) is 0 Å². The fraction of sp³-hybridized carbons (Fsp3) is 0.875. The maximum atomic E-state index is 10.1. The van der Waals surface area contributed by atoms with Crippen molar-refractivity contribution >= 4 is 5.97 Å². The molecule has 0 bridgehead atoms. The van der Waals surface area contributed by atoms with Crippen molar-refractivity contribution < 1.29 is 19.7 Å². The predicted octanol–water partition coefficient (Wildman–Crippen LogP) is 1.60. The second-order valence-corrected chi connectivity index (χ2v) is 3.51. The Morgan fingerprint density at radius 3 is 2.42 bits per heavy atom. The highest BCUT2D eigenvalue weighted by atomic mass is 17.2. The van der Waals surface area contributed by atoms with Crippen LogP contribution in [0.15, 0.2) is 0 Å². The number of rotatable bonds is 5. The SMILES string of the molecule is CC(C)(C)OOCCCC(=O)O. The Balaban J connectivity index is 3.17. The lowest BCUT2D eigenvalue weighted by Gasteiger charge is -2.17. The molecule has 0 heterocycles. The molecular formula is C8H16O4. The van der Waals surface area contributed by atoms with Crippen LogP contribution in [-0.4, -0.2) is 23.3 Å². The van der Waals surface area contributed by atoms with Crippen LogP contribution in [-0.2, 0) is 14.6 Å². The maximum absolute atomic E-state index is 10.1. The van der Waals surface area contributed by atoms with Crippen LogP contribution in [0.25, 0.3) is 0 Å². The lowest BCUT2D eigenvalue weighted by atomic mass is 10.2. The molecule has 72 valence electrons. The Bertz CT molecular complexity index is 136. The minimum Gasteiger partial charge on any atom is -0.481 e. The first kappa shape index (κ1) is 11.4. The number of carboxylic acids is 1. The molecule has 0 amide bonds. The normalized spacial score (nSPS) is 11.6. The molecule has 0 saturated heterocycles. The van der Waals surface area contributed by atoms with E-state index in [4.69, 9.17) is 14.9 Å². The van der Waals surface area contributed by atoms with E-state index >= 15 is 0 Å². The van der Waals surface area contributed by atoms with E-state index in [9.17, 15) is 4.79 Å². The zero-order chi connectivity index (χ0) is 9.61. The van der Waals surface area contributed by atoms with Gasteiger partial charge in [-0.1, -0.05) is 0 Å². The summed E-state index contributed by atoms with van der Waals surface area (Å²) in [4.78, 5) is 19.8. The van der Waals surface area contributed by atoms with Gasteiger partial charge in [0.05, 0.1) is 12.2 Å². The fourth-order valence-corrected chi connectivity index (χ4v) is 0.501. The molecule has 4 nitrogen and oxygen atoms in total. The monoisotopic (exact) mass is 176 g/mol. The van der Waals surface area contributed by atoms with Crippen LogP contribution in [0.4, 0.5) is 0 Å². The van der Waals surface area contributed by atoms with E-state index < -0.39 is 5.97 Å². The predicted molar refractivity (Wildman–Crippen MR) is 43.7 cm³/mol. The molecule has 0 fully saturated rings. The van der Waals surface area contributed by atoms with Gasteiger partial charge in [0.25, 0.3) is 0 Å². The molecule has 12 heavy (non-hydrogen) atoms. The molecule has 0 spiro atoms.